The van der Waals surface area contributed by atoms with Crippen molar-refractivity contribution in [3.05, 3.63) is 69.4 Å². The van der Waals surface area contributed by atoms with Gasteiger partial charge in [-0.3, -0.25) is 0 Å². The molecule has 2 N–H and O–H groups in total. The summed E-state index contributed by atoms with van der Waals surface area (Å²) < 4.78 is 15.3. The van der Waals surface area contributed by atoms with Crippen molar-refractivity contribution >= 4 is 71.3 Å². The molecule has 0 unspecified atom stereocenters. The summed E-state index contributed by atoms with van der Waals surface area (Å²) in [7, 11) is 0. The van der Waals surface area contributed by atoms with Crippen LogP contribution >= 0.6 is 44.1 Å². The van der Waals surface area contributed by atoms with Crippen LogP contribution < -0.4 is 10.6 Å². The molecule has 0 saturated carbocycles. The van der Waals surface area contributed by atoms with E-state index < -0.39 is 5.82 Å². The molecule has 0 saturated heterocycles. The smallest absolute Gasteiger partial charge is 0.175 e. The maximum Gasteiger partial charge on any atom is 0.175 e. The zero-order valence-corrected chi connectivity index (χ0v) is 15.7. The molecule has 0 heterocycles. The number of hydrogen-bond acceptors (Lipinski definition) is 1. The van der Waals surface area contributed by atoms with E-state index in [4.69, 9.17) is 12.2 Å². The molecular formula is C17H11Br2FN2S. The number of halogens is 3. The van der Waals surface area contributed by atoms with Crippen molar-refractivity contribution in [2.75, 3.05) is 10.6 Å². The lowest BCUT2D eigenvalue weighted by atomic mass is 10.1. The zero-order valence-electron chi connectivity index (χ0n) is 11.7. The fourth-order valence-corrected chi connectivity index (χ4v) is 3.75. The highest BCUT2D eigenvalue weighted by atomic mass is 79.9. The molecule has 2 nitrogen and oxygen atoms in total. The Hall–Kier alpha value is -1.50. The van der Waals surface area contributed by atoms with Gasteiger partial charge in [0.2, 0.25) is 0 Å². The van der Waals surface area contributed by atoms with Crippen molar-refractivity contribution in [1.82, 2.24) is 0 Å². The number of anilines is 2. The van der Waals surface area contributed by atoms with Gasteiger partial charge in [-0.05, 0) is 51.7 Å². The molecule has 0 fully saturated rings. The van der Waals surface area contributed by atoms with E-state index in [0.717, 1.165) is 16.5 Å². The summed E-state index contributed by atoms with van der Waals surface area (Å²) in [6.07, 6.45) is 0. The molecule has 6 heteroatoms. The molecule has 116 valence electrons. The highest BCUT2D eigenvalue weighted by Gasteiger charge is 2.11. The van der Waals surface area contributed by atoms with Crippen LogP contribution in [0.3, 0.4) is 0 Å². The van der Waals surface area contributed by atoms with Gasteiger partial charge in [0, 0.05) is 20.0 Å². The Kier molecular flexibility index (Phi) is 4.94. The van der Waals surface area contributed by atoms with Crippen LogP contribution in [0.2, 0.25) is 0 Å². The summed E-state index contributed by atoms with van der Waals surface area (Å²) in [6, 6.07) is 17.0. The second-order valence-corrected chi connectivity index (χ2v) is 7.03. The maximum atomic E-state index is 14.1. The summed E-state index contributed by atoms with van der Waals surface area (Å²) in [5, 5.41) is 8.50. The van der Waals surface area contributed by atoms with Gasteiger partial charge in [-0.15, -0.1) is 0 Å². The van der Waals surface area contributed by atoms with E-state index in [9.17, 15) is 4.39 Å². The third-order valence-corrected chi connectivity index (χ3v) is 4.57. The van der Waals surface area contributed by atoms with E-state index in [1.165, 1.54) is 6.07 Å². The third-order valence-electron chi connectivity index (χ3n) is 3.28. The minimum absolute atomic E-state index is 0.297. The topological polar surface area (TPSA) is 24.1 Å². The lowest BCUT2D eigenvalue weighted by Gasteiger charge is -2.14. The van der Waals surface area contributed by atoms with Crippen LogP contribution in [0.25, 0.3) is 10.8 Å². The largest absolute Gasteiger partial charge is 0.332 e. The Morgan fingerprint density at radius 2 is 1.70 bits per heavy atom. The lowest BCUT2D eigenvalue weighted by molar-refractivity contribution is 0.630. The highest BCUT2D eigenvalue weighted by molar-refractivity contribution is 9.11. The van der Waals surface area contributed by atoms with Crippen LogP contribution in [0.4, 0.5) is 15.8 Å². The van der Waals surface area contributed by atoms with Crippen LogP contribution in [-0.4, -0.2) is 5.11 Å². The van der Waals surface area contributed by atoms with Crippen LogP contribution in [0, 0.1) is 5.82 Å². The molecule has 3 rings (SSSR count). The molecule has 0 amide bonds. The van der Waals surface area contributed by atoms with Gasteiger partial charge in [0.1, 0.15) is 5.82 Å². The number of thiocarbonyl (C=S) groups is 1. The zero-order chi connectivity index (χ0) is 16.4. The van der Waals surface area contributed by atoms with Gasteiger partial charge in [0.05, 0.1) is 5.69 Å². The van der Waals surface area contributed by atoms with Gasteiger partial charge in [-0.1, -0.05) is 52.3 Å². The van der Waals surface area contributed by atoms with Gasteiger partial charge in [-0.25, -0.2) is 4.39 Å². The SMILES string of the molecule is Fc1cc(Br)cc(Br)c1NC(=S)Nc1cccc2ccccc12. The molecule has 0 bridgehead atoms. The summed E-state index contributed by atoms with van der Waals surface area (Å²) >= 11 is 11.9. The van der Waals surface area contributed by atoms with Gasteiger partial charge in [0.25, 0.3) is 0 Å². The first-order valence-electron chi connectivity index (χ1n) is 6.75. The third kappa shape index (κ3) is 3.71. The summed E-state index contributed by atoms with van der Waals surface area (Å²) in [6.45, 7) is 0. The number of rotatable bonds is 2. The standard InChI is InChI=1S/C17H11Br2FN2S/c18-11-8-13(19)16(14(20)9-11)22-17(23)21-15-7-3-5-10-4-1-2-6-12(10)15/h1-9H,(H2,21,22,23). The minimum atomic E-state index is -0.395. The molecule has 0 aromatic heterocycles. The molecule has 0 aliphatic rings. The fourth-order valence-electron chi connectivity index (χ4n) is 2.26. The van der Waals surface area contributed by atoms with E-state index in [-0.39, 0.29) is 0 Å². The van der Waals surface area contributed by atoms with Crippen LogP contribution in [-0.2, 0) is 0 Å². The van der Waals surface area contributed by atoms with Crippen LogP contribution in [0.1, 0.15) is 0 Å². The summed E-state index contributed by atoms with van der Waals surface area (Å²) in [4.78, 5) is 0. The highest BCUT2D eigenvalue weighted by Crippen LogP contribution is 2.30. The monoisotopic (exact) mass is 452 g/mol. The van der Waals surface area contributed by atoms with Crippen LogP contribution in [0.15, 0.2) is 63.5 Å². The van der Waals surface area contributed by atoms with E-state index in [1.807, 2.05) is 42.5 Å². The van der Waals surface area contributed by atoms with Gasteiger partial charge < -0.3 is 10.6 Å². The van der Waals surface area contributed by atoms with Gasteiger partial charge in [-0.2, -0.15) is 0 Å². The van der Waals surface area contributed by atoms with E-state index in [0.29, 0.717) is 19.7 Å². The van der Waals surface area contributed by atoms with Crippen molar-refractivity contribution in [2.45, 2.75) is 0 Å². The van der Waals surface area contributed by atoms with Crippen molar-refractivity contribution in [3.8, 4) is 0 Å². The molecule has 0 atom stereocenters. The van der Waals surface area contributed by atoms with Crippen molar-refractivity contribution < 1.29 is 4.39 Å². The van der Waals surface area contributed by atoms with E-state index >= 15 is 0 Å². The first-order valence-corrected chi connectivity index (χ1v) is 8.74. The molecule has 0 spiro atoms. The Labute approximate surface area is 155 Å². The Morgan fingerprint density at radius 1 is 0.957 bits per heavy atom. The van der Waals surface area contributed by atoms with Gasteiger partial charge >= 0.3 is 0 Å². The Morgan fingerprint density at radius 3 is 2.48 bits per heavy atom. The van der Waals surface area contributed by atoms with Gasteiger partial charge in [0.15, 0.2) is 5.11 Å². The first kappa shape index (κ1) is 16.4. The van der Waals surface area contributed by atoms with E-state index in [2.05, 4.69) is 42.5 Å². The second kappa shape index (κ2) is 6.95. The Balaban J connectivity index is 1.85. The lowest BCUT2D eigenvalue weighted by Crippen LogP contribution is -2.20. The number of benzene rings is 3. The normalized spacial score (nSPS) is 10.6. The molecule has 3 aromatic carbocycles. The van der Waals surface area contributed by atoms with Crippen LogP contribution in [0.5, 0.6) is 0 Å². The first-order chi connectivity index (χ1) is 11.0. The maximum absolute atomic E-state index is 14.1. The Bertz CT molecular complexity index is 870. The predicted octanol–water partition coefficient (Wildman–Crippen LogP) is 6.31. The molecule has 0 aliphatic heterocycles. The quantitative estimate of drug-likeness (QED) is 0.444. The average Bonchev–Trinajstić information content (AvgIpc) is 2.51. The molecule has 23 heavy (non-hydrogen) atoms. The summed E-state index contributed by atoms with van der Waals surface area (Å²) in [5.74, 6) is -0.395. The second-order valence-electron chi connectivity index (χ2n) is 4.85. The molecular weight excluding hydrogens is 443 g/mol. The van der Waals surface area contributed by atoms with Crippen molar-refractivity contribution in [3.63, 3.8) is 0 Å². The molecule has 0 radical (unpaired) electrons. The predicted molar refractivity (Wildman–Crippen MR) is 106 cm³/mol. The summed E-state index contributed by atoms with van der Waals surface area (Å²) in [5.41, 5.74) is 1.17. The molecule has 3 aromatic rings. The van der Waals surface area contributed by atoms with Crippen molar-refractivity contribution in [2.24, 2.45) is 0 Å². The van der Waals surface area contributed by atoms with E-state index in [1.54, 1.807) is 6.07 Å². The van der Waals surface area contributed by atoms with Crippen molar-refractivity contribution in [1.29, 1.82) is 0 Å². The number of hydrogen-bond donors (Lipinski definition) is 2. The average molecular weight is 454 g/mol. The molecule has 0 aliphatic carbocycles. The number of fused-ring (bicyclic) bond motifs is 1. The number of nitrogens with one attached hydrogen (secondary N) is 2. The minimum Gasteiger partial charge on any atom is -0.332 e. The fraction of sp³-hybridized carbons (Fsp3) is 0.